The Kier molecular flexibility index (Phi) is 11.7. The first kappa shape index (κ1) is 35.7. The summed E-state index contributed by atoms with van der Waals surface area (Å²) in [5, 5.41) is 12.1. The second-order valence-electron chi connectivity index (χ2n) is 12.9. The second kappa shape index (κ2) is 16.7. The third-order valence-corrected chi connectivity index (χ3v) is 9.16. The molecule has 2 fully saturated rings. The molecular weight excluding hydrogens is 646 g/mol. The summed E-state index contributed by atoms with van der Waals surface area (Å²) in [6.45, 7) is 5.41. The van der Waals surface area contributed by atoms with Crippen LogP contribution in [0.25, 0.3) is 11.1 Å². The van der Waals surface area contributed by atoms with Crippen LogP contribution in [0, 0.1) is 0 Å². The Morgan fingerprint density at radius 1 is 0.941 bits per heavy atom. The van der Waals surface area contributed by atoms with Crippen molar-refractivity contribution in [2.75, 3.05) is 20.1 Å². The molecule has 0 saturated carbocycles. The number of carbonyl (C=O) groups excluding carboxylic acids is 3. The molecule has 4 aromatic carbocycles. The van der Waals surface area contributed by atoms with Crippen molar-refractivity contribution in [1.82, 2.24) is 15.1 Å². The number of carbonyl (C=O) groups is 3. The fourth-order valence-corrected chi connectivity index (χ4v) is 6.47. The van der Waals surface area contributed by atoms with E-state index in [9.17, 15) is 19.5 Å². The predicted molar refractivity (Wildman–Crippen MR) is 192 cm³/mol. The third kappa shape index (κ3) is 8.97. The molecule has 2 heterocycles. The standard InChI is InChI=1S/C41H43N3O7/c1-3-21-43(2)25-34-22-37(31-15-13-28(26-45)14-16-31)51-40(50-34)32-19-17-30(18-20-32)35-12-8-7-11-33(35)24-44-38(46)23-36(39(44)47)42-41(48)49-27-29-9-5-4-6-10-29/h3-20,34,36-37,40,45H,1,21-27H2,2H3,(H,42,48)/t34-,36?,37+,40+/m0/s1. The lowest BCUT2D eigenvalue weighted by molar-refractivity contribution is -0.252. The van der Waals surface area contributed by atoms with Gasteiger partial charge in [-0.25, -0.2) is 4.79 Å². The van der Waals surface area contributed by atoms with E-state index in [2.05, 4.69) is 16.8 Å². The SMILES string of the molecule is C=CCN(C)C[C@@H]1C[C@H](c2ccc(CO)cc2)O[C@H](c2ccc(-c3ccccc3CN3C(=O)CC(NC(=O)OCc4ccccc4)C3=O)cc2)O1. The minimum absolute atomic E-state index is 0.0175. The summed E-state index contributed by atoms with van der Waals surface area (Å²) >= 11 is 0. The van der Waals surface area contributed by atoms with Crippen LogP contribution in [-0.4, -0.2) is 65.1 Å². The molecule has 0 aromatic heterocycles. The van der Waals surface area contributed by atoms with Crippen molar-refractivity contribution in [2.24, 2.45) is 0 Å². The molecule has 0 radical (unpaired) electrons. The van der Waals surface area contributed by atoms with Crippen LogP contribution in [0.1, 0.15) is 53.1 Å². The van der Waals surface area contributed by atoms with Crippen LogP contribution in [0.5, 0.6) is 0 Å². The minimum atomic E-state index is -0.987. The molecule has 51 heavy (non-hydrogen) atoms. The molecule has 4 atom stereocenters. The summed E-state index contributed by atoms with van der Waals surface area (Å²) in [5.74, 6) is -0.832. The van der Waals surface area contributed by atoms with Crippen molar-refractivity contribution >= 4 is 17.9 Å². The molecule has 2 aliphatic heterocycles. The van der Waals surface area contributed by atoms with Crippen molar-refractivity contribution in [2.45, 2.75) is 57.1 Å². The molecule has 0 spiro atoms. The van der Waals surface area contributed by atoms with Gasteiger partial charge in [0.1, 0.15) is 12.6 Å². The molecule has 2 saturated heterocycles. The molecule has 4 aromatic rings. The third-order valence-electron chi connectivity index (χ3n) is 9.16. The van der Waals surface area contributed by atoms with E-state index in [1.54, 1.807) is 0 Å². The highest BCUT2D eigenvalue weighted by Crippen LogP contribution is 2.39. The molecule has 10 nitrogen and oxygen atoms in total. The van der Waals surface area contributed by atoms with E-state index in [1.165, 1.54) is 4.90 Å². The Morgan fingerprint density at radius 3 is 2.37 bits per heavy atom. The quantitative estimate of drug-likeness (QED) is 0.129. The topological polar surface area (TPSA) is 118 Å². The van der Waals surface area contributed by atoms with Crippen molar-refractivity contribution in [3.05, 3.63) is 144 Å². The van der Waals surface area contributed by atoms with Crippen LogP contribution in [0.15, 0.2) is 116 Å². The number of aliphatic hydroxyl groups is 1. The highest BCUT2D eigenvalue weighted by atomic mass is 16.7. The maximum atomic E-state index is 13.3. The lowest BCUT2D eigenvalue weighted by atomic mass is 9.97. The highest BCUT2D eigenvalue weighted by Gasteiger charge is 2.40. The normalized spacial score (nSPS) is 20.4. The summed E-state index contributed by atoms with van der Waals surface area (Å²) in [4.78, 5) is 42.0. The zero-order valence-electron chi connectivity index (χ0n) is 28.6. The Hall–Kier alpha value is -5.13. The van der Waals surface area contributed by atoms with Gasteiger partial charge < -0.3 is 29.5 Å². The highest BCUT2D eigenvalue weighted by molar-refractivity contribution is 6.06. The van der Waals surface area contributed by atoms with Crippen molar-refractivity contribution < 1.29 is 33.7 Å². The molecule has 2 aliphatic rings. The van der Waals surface area contributed by atoms with Crippen LogP contribution < -0.4 is 5.32 Å². The summed E-state index contributed by atoms with van der Waals surface area (Å²) in [5.41, 5.74) is 6.12. The van der Waals surface area contributed by atoms with Crippen molar-refractivity contribution in [1.29, 1.82) is 0 Å². The number of nitrogens with zero attached hydrogens (tertiary/aromatic N) is 2. The van der Waals surface area contributed by atoms with Gasteiger partial charge in [-0.15, -0.1) is 6.58 Å². The number of benzene rings is 4. The first-order valence-electron chi connectivity index (χ1n) is 17.1. The number of likely N-dealkylation sites (tertiary alicyclic amines) is 1. The monoisotopic (exact) mass is 689 g/mol. The number of alkyl carbamates (subject to hydrolysis) is 1. The smallest absolute Gasteiger partial charge is 0.408 e. The summed E-state index contributed by atoms with van der Waals surface area (Å²) in [7, 11) is 2.04. The van der Waals surface area contributed by atoms with Crippen LogP contribution in [0.3, 0.4) is 0 Å². The lowest BCUT2D eigenvalue weighted by Gasteiger charge is -2.37. The van der Waals surface area contributed by atoms with Gasteiger partial charge in [-0.05, 0) is 40.4 Å². The first-order valence-corrected chi connectivity index (χ1v) is 17.1. The Balaban J connectivity index is 1.13. The average molecular weight is 690 g/mol. The van der Waals surface area contributed by atoms with Gasteiger partial charge >= 0.3 is 6.09 Å². The number of hydrogen-bond acceptors (Lipinski definition) is 8. The summed E-state index contributed by atoms with van der Waals surface area (Å²) < 4.78 is 18.3. The van der Waals surface area contributed by atoms with Gasteiger partial charge in [0, 0.05) is 25.1 Å². The molecule has 10 heteroatoms. The second-order valence-corrected chi connectivity index (χ2v) is 12.9. The molecular formula is C41H43N3O7. The van der Waals surface area contributed by atoms with Gasteiger partial charge in [-0.2, -0.15) is 0 Å². The van der Waals surface area contributed by atoms with Crippen molar-refractivity contribution in [3.63, 3.8) is 0 Å². The molecule has 3 amide bonds. The fraction of sp³-hybridized carbons (Fsp3) is 0.293. The number of aliphatic hydroxyl groups excluding tert-OH is 1. The first-order chi connectivity index (χ1) is 24.8. The lowest BCUT2D eigenvalue weighted by Crippen LogP contribution is -2.41. The van der Waals surface area contributed by atoms with Gasteiger partial charge in [0.15, 0.2) is 6.29 Å². The number of nitrogens with one attached hydrogen (secondary N) is 1. The van der Waals surface area contributed by atoms with Crippen LogP contribution >= 0.6 is 0 Å². The molecule has 0 bridgehead atoms. The Morgan fingerprint density at radius 2 is 1.65 bits per heavy atom. The molecule has 0 aliphatic carbocycles. The van der Waals surface area contributed by atoms with E-state index >= 15 is 0 Å². The van der Waals surface area contributed by atoms with Gasteiger partial charge in [-0.1, -0.05) is 109 Å². The van der Waals surface area contributed by atoms with E-state index in [4.69, 9.17) is 14.2 Å². The molecule has 2 N–H and O–H groups in total. The zero-order valence-corrected chi connectivity index (χ0v) is 28.6. The molecule has 1 unspecified atom stereocenters. The van der Waals surface area contributed by atoms with E-state index in [-0.39, 0.29) is 44.3 Å². The molecule has 264 valence electrons. The van der Waals surface area contributed by atoms with Crippen LogP contribution in [0.4, 0.5) is 4.79 Å². The number of ether oxygens (including phenoxy) is 3. The zero-order chi connectivity index (χ0) is 35.7. The van der Waals surface area contributed by atoms with E-state index in [1.807, 2.05) is 116 Å². The number of rotatable bonds is 13. The van der Waals surface area contributed by atoms with E-state index < -0.39 is 24.3 Å². The predicted octanol–water partition coefficient (Wildman–Crippen LogP) is 6.06. The van der Waals surface area contributed by atoms with Crippen LogP contribution in [0.2, 0.25) is 0 Å². The average Bonchev–Trinajstić information content (AvgIpc) is 3.41. The van der Waals surface area contributed by atoms with E-state index in [0.717, 1.165) is 45.5 Å². The maximum Gasteiger partial charge on any atom is 0.408 e. The van der Waals surface area contributed by atoms with Crippen LogP contribution in [-0.2, 0) is 43.6 Å². The Bertz CT molecular complexity index is 1810. The fourth-order valence-electron chi connectivity index (χ4n) is 6.47. The van der Waals surface area contributed by atoms with Gasteiger partial charge in [0.05, 0.1) is 31.8 Å². The summed E-state index contributed by atoms with van der Waals surface area (Å²) in [6, 6.07) is 31.6. The van der Waals surface area contributed by atoms with Gasteiger partial charge in [0.2, 0.25) is 5.91 Å². The minimum Gasteiger partial charge on any atom is -0.445 e. The maximum absolute atomic E-state index is 13.3. The number of likely N-dealkylation sites (N-methyl/N-ethyl adjacent to an activating group) is 1. The largest absolute Gasteiger partial charge is 0.445 e. The van der Waals surface area contributed by atoms with Gasteiger partial charge in [0.25, 0.3) is 5.91 Å². The number of amides is 3. The van der Waals surface area contributed by atoms with Crippen molar-refractivity contribution in [3.8, 4) is 11.1 Å². The number of imide groups is 1. The Labute approximate surface area is 298 Å². The molecule has 6 rings (SSSR count). The van der Waals surface area contributed by atoms with E-state index in [0.29, 0.717) is 13.0 Å². The number of hydrogen-bond donors (Lipinski definition) is 2. The van der Waals surface area contributed by atoms with Gasteiger partial charge in [-0.3, -0.25) is 14.5 Å². The summed E-state index contributed by atoms with van der Waals surface area (Å²) in [6.07, 6.45) is 0.786.